The maximum absolute atomic E-state index is 11.4. The summed E-state index contributed by atoms with van der Waals surface area (Å²) in [6, 6.07) is 8.76. The Bertz CT molecular complexity index is 542. The first-order chi connectivity index (χ1) is 11.5. The van der Waals surface area contributed by atoms with E-state index in [-0.39, 0.29) is 5.92 Å². The Morgan fingerprint density at radius 1 is 1.29 bits per heavy atom. The van der Waals surface area contributed by atoms with Crippen LogP contribution in [0, 0.1) is 0 Å². The van der Waals surface area contributed by atoms with Gasteiger partial charge in [0.1, 0.15) is 0 Å². The van der Waals surface area contributed by atoms with Crippen molar-refractivity contribution in [3.8, 4) is 0 Å². The molecule has 1 aromatic rings. The minimum absolute atomic E-state index is 0.150. The second-order valence-electron chi connectivity index (χ2n) is 7.94. The van der Waals surface area contributed by atoms with Gasteiger partial charge < -0.3 is 14.9 Å². The number of likely N-dealkylation sites (tertiary alicyclic amines) is 1. The zero-order chi connectivity index (χ0) is 17.2. The van der Waals surface area contributed by atoms with Crippen LogP contribution in [0.15, 0.2) is 24.3 Å². The molecule has 1 aliphatic heterocycles. The van der Waals surface area contributed by atoms with Crippen molar-refractivity contribution in [2.24, 2.45) is 0 Å². The lowest BCUT2D eigenvalue weighted by Gasteiger charge is -2.41. The Balaban J connectivity index is 1.80. The Hall–Kier alpha value is -0.610. The highest BCUT2D eigenvalue weighted by Crippen LogP contribution is 2.41. The maximum atomic E-state index is 11.4. The number of halogens is 1. The summed E-state index contributed by atoms with van der Waals surface area (Å²) in [6.07, 6.45) is 6.55. The summed E-state index contributed by atoms with van der Waals surface area (Å²) in [5.41, 5.74) is 0.610. The third-order valence-electron chi connectivity index (χ3n) is 6.04. The highest BCUT2D eigenvalue weighted by molar-refractivity contribution is 6.30. The molecular weight excluding hydrogens is 320 g/mol. The fraction of sp³-hybridized carbons (Fsp3) is 0.700. The molecule has 134 valence electrons. The average Bonchev–Trinajstić information content (AvgIpc) is 3.02. The van der Waals surface area contributed by atoms with E-state index < -0.39 is 5.60 Å². The van der Waals surface area contributed by atoms with Crippen LogP contribution in [0.25, 0.3) is 0 Å². The van der Waals surface area contributed by atoms with Crippen molar-refractivity contribution in [2.75, 3.05) is 33.7 Å². The summed E-state index contributed by atoms with van der Waals surface area (Å²) >= 11 is 6.25. The number of aliphatic hydroxyl groups is 1. The van der Waals surface area contributed by atoms with Gasteiger partial charge in [-0.2, -0.15) is 0 Å². The average molecular weight is 351 g/mol. The lowest BCUT2D eigenvalue weighted by molar-refractivity contribution is -0.0296. The Kier molecular flexibility index (Phi) is 5.86. The number of hydrogen-bond acceptors (Lipinski definition) is 3. The first kappa shape index (κ1) is 18.2. The summed E-state index contributed by atoms with van der Waals surface area (Å²) in [4.78, 5) is 4.85. The van der Waals surface area contributed by atoms with Crippen molar-refractivity contribution >= 4 is 11.6 Å². The van der Waals surface area contributed by atoms with E-state index in [1.165, 1.54) is 18.4 Å². The molecule has 0 aromatic heterocycles. The molecule has 0 bridgehead atoms. The summed E-state index contributed by atoms with van der Waals surface area (Å²) in [5, 5.41) is 12.2. The first-order valence-corrected chi connectivity index (χ1v) is 9.72. The van der Waals surface area contributed by atoms with Crippen LogP contribution in [0.1, 0.15) is 50.0 Å². The molecule has 1 heterocycles. The number of benzene rings is 1. The molecule has 0 amide bonds. The molecule has 1 saturated heterocycles. The fourth-order valence-electron chi connectivity index (χ4n) is 4.48. The molecule has 4 heteroatoms. The van der Waals surface area contributed by atoms with Gasteiger partial charge in [0.25, 0.3) is 0 Å². The Labute approximate surface area is 151 Å². The van der Waals surface area contributed by atoms with Crippen LogP contribution in [0.4, 0.5) is 0 Å². The molecule has 2 unspecified atom stereocenters. The van der Waals surface area contributed by atoms with Gasteiger partial charge in [-0.05, 0) is 57.6 Å². The van der Waals surface area contributed by atoms with Crippen LogP contribution in [0.5, 0.6) is 0 Å². The van der Waals surface area contributed by atoms with Gasteiger partial charge in [0, 0.05) is 30.1 Å². The smallest absolute Gasteiger partial charge is 0.0728 e. The van der Waals surface area contributed by atoms with Crippen LogP contribution < -0.4 is 0 Å². The Morgan fingerprint density at radius 3 is 2.67 bits per heavy atom. The quantitative estimate of drug-likeness (QED) is 0.876. The summed E-state index contributed by atoms with van der Waals surface area (Å²) in [6.45, 7) is 3.15. The van der Waals surface area contributed by atoms with Gasteiger partial charge in [0.15, 0.2) is 0 Å². The van der Waals surface area contributed by atoms with Gasteiger partial charge in [0.05, 0.1) is 5.60 Å². The van der Waals surface area contributed by atoms with E-state index in [2.05, 4.69) is 36.0 Å². The van der Waals surface area contributed by atoms with E-state index >= 15 is 0 Å². The molecule has 1 saturated carbocycles. The molecule has 3 nitrogen and oxygen atoms in total. The largest absolute Gasteiger partial charge is 0.389 e. The van der Waals surface area contributed by atoms with E-state index in [9.17, 15) is 5.11 Å². The lowest BCUT2D eigenvalue weighted by Crippen LogP contribution is -2.44. The summed E-state index contributed by atoms with van der Waals surface area (Å²) in [7, 11) is 4.33. The van der Waals surface area contributed by atoms with Gasteiger partial charge in [0.2, 0.25) is 0 Å². The molecule has 2 aliphatic rings. The van der Waals surface area contributed by atoms with E-state index in [1.54, 1.807) is 0 Å². The summed E-state index contributed by atoms with van der Waals surface area (Å²) in [5.74, 6) is 0.150. The molecule has 3 rings (SSSR count). The zero-order valence-corrected chi connectivity index (χ0v) is 15.8. The monoisotopic (exact) mass is 350 g/mol. The van der Waals surface area contributed by atoms with E-state index in [0.717, 1.165) is 50.3 Å². The first-order valence-electron chi connectivity index (χ1n) is 9.34. The van der Waals surface area contributed by atoms with Crippen LogP contribution in [0.2, 0.25) is 5.02 Å². The van der Waals surface area contributed by atoms with Gasteiger partial charge >= 0.3 is 0 Å². The highest BCUT2D eigenvalue weighted by atomic mass is 35.5. The van der Waals surface area contributed by atoms with Crippen molar-refractivity contribution in [2.45, 2.75) is 56.1 Å². The zero-order valence-electron chi connectivity index (χ0n) is 15.0. The van der Waals surface area contributed by atoms with E-state index in [0.29, 0.717) is 6.04 Å². The maximum Gasteiger partial charge on any atom is 0.0728 e. The fourth-order valence-corrected chi connectivity index (χ4v) is 4.68. The van der Waals surface area contributed by atoms with Crippen molar-refractivity contribution in [3.63, 3.8) is 0 Å². The van der Waals surface area contributed by atoms with Crippen molar-refractivity contribution in [3.05, 3.63) is 34.9 Å². The molecule has 1 aliphatic carbocycles. The molecule has 1 aromatic carbocycles. The lowest BCUT2D eigenvalue weighted by atomic mass is 9.72. The van der Waals surface area contributed by atoms with Gasteiger partial charge in [-0.3, -0.25) is 0 Å². The van der Waals surface area contributed by atoms with Crippen LogP contribution in [-0.2, 0) is 0 Å². The molecule has 2 fully saturated rings. The van der Waals surface area contributed by atoms with E-state index in [1.807, 2.05) is 12.1 Å². The molecule has 24 heavy (non-hydrogen) atoms. The molecule has 0 spiro atoms. The van der Waals surface area contributed by atoms with Gasteiger partial charge in [-0.25, -0.2) is 0 Å². The number of hydrogen-bond donors (Lipinski definition) is 1. The van der Waals surface area contributed by atoms with Gasteiger partial charge in [-0.1, -0.05) is 43.0 Å². The third-order valence-corrected chi connectivity index (χ3v) is 6.27. The number of rotatable bonds is 5. The minimum atomic E-state index is -0.584. The van der Waals surface area contributed by atoms with Crippen molar-refractivity contribution in [1.82, 2.24) is 9.80 Å². The van der Waals surface area contributed by atoms with Crippen LogP contribution in [0.3, 0.4) is 0 Å². The Morgan fingerprint density at radius 2 is 2.04 bits per heavy atom. The SMILES string of the molecule is CN(C)C1CCN(CC(c2cccc(Cl)c2)C2(O)CCCCC2)C1. The van der Waals surface area contributed by atoms with Crippen molar-refractivity contribution in [1.29, 1.82) is 0 Å². The molecular formula is C20H31ClN2O. The molecule has 2 atom stereocenters. The highest BCUT2D eigenvalue weighted by Gasteiger charge is 2.40. The van der Waals surface area contributed by atoms with E-state index in [4.69, 9.17) is 11.6 Å². The van der Waals surface area contributed by atoms with Crippen LogP contribution in [-0.4, -0.2) is 60.3 Å². The second kappa shape index (κ2) is 7.74. The van der Waals surface area contributed by atoms with Crippen molar-refractivity contribution < 1.29 is 5.11 Å². The molecule has 0 radical (unpaired) electrons. The predicted octanol–water partition coefficient (Wildman–Crippen LogP) is 3.75. The topological polar surface area (TPSA) is 26.7 Å². The minimum Gasteiger partial charge on any atom is -0.389 e. The normalized spacial score (nSPS) is 26.0. The number of likely N-dealkylation sites (N-methyl/N-ethyl adjacent to an activating group) is 1. The second-order valence-corrected chi connectivity index (χ2v) is 8.37. The summed E-state index contributed by atoms with van der Waals surface area (Å²) < 4.78 is 0. The number of nitrogens with zero attached hydrogens (tertiary/aromatic N) is 2. The third kappa shape index (κ3) is 4.13. The predicted molar refractivity (Wildman–Crippen MR) is 101 cm³/mol. The standard InChI is InChI=1S/C20H31ClN2O/c1-22(2)18-9-12-23(14-18)15-19(16-7-6-8-17(21)13-16)20(24)10-4-3-5-11-20/h6-8,13,18-19,24H,3-5,9-12,14-15H2,1-2H3. The van der Waals surface area contributed by atoms with Gasteiger partial charge in [-0.15, -0.1) is 0 Å². The van der Waals surface area contributed by atoms with Crippen LogP contribution >= 0.6 is 11.6 Å². The molecule has 1 N–H and O–H groups in total.